The molecule has 23 heavy (non-hydrogen) atoms. The minimum atomic E-state index is -0.424. The van der Waals surface area contributed by atoms with Gasteiger partial charge in [0.05, 0.1) is 0 Å². The molecule has 1 N–H and O–H groups in total. The maximum Gasteiger partial charge on any atom is 0.410 e. The monoisotopic (exact) mass is 334 g/mol. The highest BCUT2D eigenvalue weighted by molar-refractivity contribution is 7.10. The number of amides is 1. The van der Waals surface area contributed by atoms with Gasteiger partial charge in [0.15, 0.2) is 0 Å². The summed E-state index contributed by atoms with van der Waals surface area (Å²) in [5, 5.41) is 5.99. The van der Waals surface area contributed by atoms with Crippen molar-refractivity contribution in [3.8, 4) is 0 Å². The van der Waals surface area contributed by atoms with Crippen molar-refractivity contribution in [3.63, 3.8) is 0 Å². The van der Waals surface area contributed by atoms with Crippen molar-refractivity contribution < 1.29 is 9.53 Å². The Labute approximate surface area is 142 Å². The topological polar surface area (TPSA) is 41.6 Å². The third kappa shape index (κ3) is 2.31. The van der Waals surface area contributed by atoms with E-state index >= 15 is 0 Å². The molecule has 5 heteroatoms. The van der Waals surface area contributed by atoms with Crippen LogP contribution in [0.5, 0.6) is 0 Å². The number of hydrogen-bond donors (Lipinski definition) is 1. The van der Waals surface area contributed by atoms with Crippen LogP contribution in [0.25, 0.3) is 0 Å². The SMILES string of the molecule is CC(C)(C)OC(=O)N1CC2CC1C2C1(C)NCCc2sccc21. The normalized spacial score (nSPS) is 35.7. The lowest BCUT2D eigenvalue weighted by molar-refractivity contribution is 0.00900. The zero-order chi connectivity index (χ0) is 16.4. The van der Waals surface area contributed by atoms with Gasteiger partial charge in [-0.1, -0.05) is 0 Å². The summed E-state index contributed by atoms with van der Waals surface area (Å²) < 4.78 is 5.61. The van der Waals surface area contributed by atoms with E-state index in [0.29, 0.717) is 17.9 Å². The van der Waals surface area contributed by atoms with E-state index in [1.54, 1.807) is 0 Å². The molecule has 3 fully saturated rings. The molecule has 2 saturated heterocycles. The van der Waals surface area contributed by atoms with Gasteiger partial charge in [0.1, 0.15) is 5.60 Å². The molecule has 4 nitrogen and oxygen atoms in total. The maximum atomic E-state index is 12.5. The predicted molar refractivity (Wildman–Crippen MR) is 91.7 cm³/mol. The summed E-state index contributed by atoms with van der Waals surface area (Å²) in [6.45, 7) is 10.0. The highest BCUT2D eigenvalue weighted by atomic mass is 32.1. The third-order valence-corrected chi connectivity index (χ3v) is 6.72. The second-order valence-corrected chi connectivity index (χ2v) is 9.36. The van der Waals surface area contributed by atoms with Crippen LogP contribution in [-0.2, 0) is 16.7 Å². The van der Waals surface area contributed by atoms with E-state index < -0.39 is 5.60 Å². The van der Waals surface area contributed by atoms with Crippen molar-refractivity contribution in [2.45, 2.75) is 57.7 Å². The molecular formula is C18H26N2O2S. The van der Waals surface area contributed by atoms with Gasteiger partial charge in [-0.25, -0.2) is 4.79 Å². The number of rotatable bonds is 1. The predicted octanol–water partition coefficient (Wildman–Crippen LogP) is 3.36. The molecule has 4 aliphatic rings. The second-order valence-electron chi connectivity index (χ2n) is 8.36. The first-order chi connectivity index (χ1) is 10.8. The van der Waals surface area contributed by atoms with Crippen molar-refractivity contribution in [2.24, 2.45) is 11.8 Å². The first kappa shape index (κ1) is 15.5. The number of carbonyl (C=O) groups is 1. The molecule has 4 atom stereocenters. The van der Waals surface area contributed by atoms with Gasteiger partial charge < -0.3 is 15.0 Å². The third-order valence-electron chi connectivity index (χ3n) is 5.74. The van der Waals surface area contributed by atoms with Crippen molar-refractivity contribution in [1.29, 1.82) is 0 Å². The lowest BCUT2D eigenvalue weighted by Crippen LogP contribution is -2.59. The zero-order valence-electron chi connectivity index (χ0n) is 14.4. The first-order valence-electron chi connectivity index (χ1n) is 8.61. The van der Waals surface area contributed by atoms with E-state index in [2.05, 4.69) is 23.7 Å². The van der Waals surface area contributed by atoms with Crippen LogP contribution in [0, 0.1) is 11.8 Å². The summed E-state index contributed by atoms with van der Waals surface area (Å²) in [6.07, 6.45) is 2.11. The van der Waals surface area contributed by atoms with Crippen LogP contribution in [0.4, 0.5) is 4.79 Å². The molecule has 4 unspecified atom stereocenters. The van der Waals surface area contributed by atoms with Crippen LogP contribution in [0.15, 0.2) is 11.4 Å². The quantitative estimate of drug-likeness (QED) is 0.856. The Morgan fingerprint density at radius 3 is 3.00 bits per heavy atom. The Hall–Kier alpha value is -1.07. The van der Waals surface area contributed by atoms with Crippen molar-refractivity contribution in [3.05, 3.63) is 21.9 Å². The minimum absolute atomic E-state index is 0.00205. The molecule has 4 heterocycles. The van der Waals surface area contributed by atoms with Gasteiger partial charge in [0, 0.05) is 35.5 Å². The largest absolute Gasteiger partial charge is 0.444 e. The van der Waals surface area contributed by atoms with Gasteiger partial charge in [-0.05, 0) is 63.5 Å². The Bertz CT molecular complexity index is 635. The molecule has 1 saturated carbocycles. The number of ether oxygens (including phenoxy) is 1. The lowest BCUT2D eigenvalue weighted by Gasteiger charge is -2.50. The standard InChI is InChI=1S/C18H26N2O2S/c1-17(2,3)22-16(21)20-10-11-9-13(20)15(11)18(4)12-6-8-23-14(12)5-7-19-18/h6,8,11,13,15,19H,5,7,9-10H2,1-4H3. The Morgan fingerprint density at radius 2 is 2.26 bits per heavy atom. The van der Waals surface area contributed by atoms with Crippen molar-refractivity contribution >= 4 is 17.4 Å². The Kier molecular flexibility index (Phi) is 3.34. The summed E-state index contributed by atoms with van der Waals surface area (Å²) in [5.74, 6) is 1.10. The average molecular weight is 334 g/mol. The van der Waals surface area contributed by atoms with E-state index in [9.17, 15) is 4.79 Å². The average Bonchev–Trinajstić information content (AvgIpc) is 3.10. The molecule has 0 aromatic carbocycles. The molecule has 1 aromatic rings. The van der Waals surface area contributed by atoms with Gasteiger partial charge >= 0.3 is 6.09 Å². The Balaban J connectivity index is 1.57. The van der Waals surface area contributed by atoms with Crippen LogP contribution in [-0.4, -0.2) is 35.7 Å². The molecule has 1 aliphatic carbocycles. The van der Waals surface area contributed by atoms with Crippen LogP contribution in [0.1, 0.15) is 44.6 Å². The minimum Gasteiger partial charge on any atom is -0.444 e. The molecule has 0 radical (unpaired) electrons. The van der Waals surface area contributed by atoms with Gasteiger partial charge in [0.25, 0.3) is 0 Å². The van der Waals surface area contributed by atoms with E-state index in [4.69, 9.17) is 4.74 Å². The van der Waals surface area contributed by atoms with E-state index in [0.717, 1.165) is 25.9 Å². The van der Waals surface area contributed by atoms with E-state index in [-0.39, 0.29) is 11.6 Å². The zero-order valence-corrected chi connectivity index (χ0v) is 15.2. The number of hydrogen-bond acceptors (Lipinski definition) is 4. The summed E-state index contributed by atoms with van der Waals surface area (Å²) in [4.78, 5) is 16.0. The first-order valence-corrected chi connectivity index (χ1v) is 9.49. The van der Waals surface area contributed by atoms with Gasteiger partial charge in [0.2, 0.25) is 0 Å². The van der Waals surface area contributed by atoms with Crippen molar-refractivity contribution in [1.82, 2.24) is 10.2 Å². The second kappa shape index (κ2) is 4.96. The number of nitrogens with one attached hydrogen (secondary N) is 1. The van der Waals surface area contributed by atoms with Gasteiger partial charge in [-0.15, -0.1) is 11.3 Å². The molecule has 0 spiro atoms. The Morgan fingerprint density at radius 1 is 1.48 bits per heavy atom. The van der Waals surface area contributed by atoms with Crippen LogP contribution < -0.4 is 5.32 Å². The molecule has 1 aromatic heterocycles. The molecule has 126 valence electrons. The van der Waals surface area contributed by atoms with E-state index in [1.807, 2.05) is 37.0 Å². The fraction of sp³-hybridized carbons (Fsp3) is 0.722. The highest BCUT2D eigenvalue weighted by Crippen LogP contribution is 2.56. The summed E-state index contributed by atoms with van der Waals surface area (Å²) >= 11 is 1.87. The summed E-state index contributed by atoms with van der Waals surface area (Å²) in [7, 11) is 0. The summed E-state index contributed by atoms with van der Waals surface area (Å²) in [5.41, 5.74) is 1.03. The van der Waals surface area contributed by atoms with Gasteiger partial charge in [-0.3, -0.25) is 0 Å². The number of carbonyl (C=O) groups excluding carboxylic acids is 1. The summed E-state index contributed by atoms with van der Waals surface area (Å²) in [6, 6.07) is 2.60. The number of nitrogens with zero attached hydrogens (tertiary/aromatic N) is 1. The molecular weight excluding hydrogens is 308 g/mol. The van der Waals surface area contributed by atoms with Crippen LogP contribution in [0.3, 0.4) is 0 Å². The molecule has 2 bridgehead atoms. The number of fused-ring (bicyclic) bond motifs is 2. The smallest absolute Gasteiger partial charge is 0.410 e. The lowest BCUT2D eigenvalue weighted by atomic mass is 9.61. The highest BCUT2D eigenvalue weighted by Gasteiger charge is 2.61. The fourth-order valence-electron chi connectivity index (χ4n) is 4.83. The maximum absolute atomic E-state index is 12.5. The fourth-order valence-corrected chi connectivity index (χ4v) is 5.83. The molecule has 1 amide bonds. The molecule has 3 aliphatic heterocycles. The molecule has 5 rings (SSSR count). The van der Waals surface area contributed by atoms with Crippen molar-refractivity contribution in [2.75, 3.05) is 13.1 Å². The van der Waals surface area contributed by atoms with Crippen LogP contribution in [0.2, 0.25) is 0 Å². The number of thiophene rings is 1. The van der Waals surface area contributed by atoms with Gasteiger partial charge in [-0.2, -0.15) is 0 Å². The van der Waals surface area contributed by atoms with E-state index in [1.165, 1.54) is 10.4 Å². The van der Waals surface area contributed by atoms with Crippen LogP contribution >= 0.6 is 11.3 Å².